The zero-order chi connectivity index (χ0) is 15.0. The quantitative estimate of drug-likeness (QED) is 0.780. The van der Waals surface area contributed by atoms with Crippen LogP contribution in [0.15, 0.2) is 18.2 Å². The van der Waals surface area contributed by atoms with E-state index < -0.39 is 0 Å². The third-order valence-electron chi connectivity index (χ3n) is 4.92. The molecule has 0 radical (unpaired) electrons. The molecule has 1 aliphatic heterocycles. The summed E-state index contributed by atoms with van der Waals surface area (Å²) in [6.07, 6.45) is 5.56. The lowest BCUT2D eigenvalue weighted by Gasteiger charge is -2.30. The van der Waals surface area contributed by atoms with Crippen LogP contribution in [0.2, 0.25) is 0 Å². The van der Waals surface area contributed by atoms with Crippen molar-refractivity contribution in [2.45, 2.75) is 58.9 Å². The molecule has 1 heterocycles. The van der Waals surface area contributed by atoms with Crippen LogP contribution in [-0.4, -0.2) is 16.7 Å². The van der Waals surface area contributed by atoms with E-state index in [9.17, 15) is 9.59 Å². The van der Waals surface area contributed by atoms with E-state index in [0.717, 1.165) is 31.2 Å². The summed E-state index contributed by atoms with van der Waals surface area (Å²) >= 11 is 0. The van der Waals surface area contributed by atoms with Gasteiger partial charge in [-0.1, -0.05) is 48.6 Å². The molecule has 1 spiro atoms. The first-order valence-electron chi connectivity index (χ1n) is 7.92. The Balaban J connectivity index is 1.82. The summed E-state index contributed by atoms with van der Waals surface area (Å²) in [7, 11) is 0. The van der Waals surface area contributed by atoms with Crippen LogP contribution in [0.25, 0.3) is 0 Å². The minimum absolute atomic E-state index is 0.0149. The number of nitrogens with zero attached hydrogens (tertiary/aromatic N) is 1. The molecule has 1 saturated carbocycles. The van der Waals surface area contributed by atoms with Crippen molar-refractivity contribution in [3.63, 3.8) is 0 Å². The van der Waals surface area contributed by atoms with Crippen molar-refractivity contribution in [3.05, 3.63) is 34.9 Å². The van der Waals surface area contributed by atoms with Gasteiger partial charge in [-0.3, -0.25) is 14.5 Å². The Hall–Kier alpha value is -1.64. The Morgan fingerprint density at radius 1 is 1.00 bits per heavy atom. The molecule has 2 fully saturated rings. The Bertz CT molecular complexity index is 565. The Labute approximate surface area is 126 Å². The van der Waals surface area contributed by atoms with Gasteiger partial charge in [-0.25, -0.2) is 0 Å². The number of rotatable bonds is 2. The monoisotopic (exact) mass is 285 g/mol. The molecule has 0 atom stereocenters. The highest BCUT2D eigenvalue weighted by atomic mass is 16.2. The lowest BCUT2D eigenvalue weighted by Crippen LogP contribution is -2.36. The van der Waals surface area contributed by atoms with Crippen molar-refractivity contribution in [1.29, 1.82) is 0 Å². The number of benzene rings is 1. The number of aryl methyl sites for hydroxylation is 2. The second-order valence-electron chi connectivity index (χ2n) is 6.80. The van der Waals surface area contributed by atoms with Crippen molar-refractivity contribution in [1.82, 2.24) is 4.90 Å². The maximum Gasteiger partial charge on any atom is 0.236 e. The molecule has 0 bridgehead atoms. The topological polar surface area (TPSA) is 37.4 Å². The minimum atomic E-state index is -0.367. The zero-order valence-corrected chi connectivity index (χ0v) is 12.9. The number of hydrogen-bond acceptors (Lipinski definition) is 2. The SMILES string of the molecule is Cc1cc(C)cc(CN2C(=O)CC3(CCCCC3)C2=O)c1. The van der Waals surface area contributed by atoms with E-state index in [2.05, 4.69) is 18.2 Å². The van der Waals surface area contributed by atoms with E-state index in [-0.39, 0.29) is 17.2 Å². The average molecular weight is 285 g/mol. The Morgan fingerprint density at radius 3 is 2.24 bits per heavy atom. The Morgan fingerprint density at radius 2 is 1.62 bits per heavy atom. The average Bonchev–Trinajstić information content (AvgIpc) is 2.63. The molecule has 2 aliphatic rings. The van der Waals surface area contributed by atoms with Gasteiger partial charge < -0.3 is 0 Å². The molecule has 0 aromatic heterocycles. The van der Waals surface area contributed by atoms with E-state index in [0.29, 0.717) is 13.0 Å². The molecule has 1 aromatic rings. The highest BCUT2D eigenvalue weighted by molar-refractivity contribution is 6.05. The van der Waals surface area contributed by atoms with Crippen LogP contribution in [0.1, 0.15) is 55.2 Å². The third-order valence-corrected chi connectivity index (χ3v) is 4.92. The summed E-state index contributed by atoms with van der Waals surface area (Å²) in [5.41, 5.74) is 3.05. The summed E-state index contributed by atoms with van der Waals surface area (Å²) < 4.78 is 0. The molecule has 1 saturated heterocycles. The van der Waals surface area contributed by atoms with Crippen LogP contribution in [0, 0.1) is 19.3 Å². The van der Waals surface area contributed by atoms with Gasteiger partial charge in [-0.2, -0.15) is 0 Å². The summed E-state index contributed by atoms with van der Waals surface area (Å²) in [6.45, 7) is 4.53. The van der Waals surface area contributed by atoms with Gasteiger partial charge in [0, 0.05) is 6.42 Å². The molecule has 21 heavy (non-hydrogen) atoms. The van der Waals surface area contributed by atoms with Crippen LogP contribution in [-0.2, 0) is 16.1 Å². The fourth-order valence-corrected chi connectivity index (χ4v) is 3.98. The van der Waals surface area contributed by atoms with Crippen molar-refractivity contribution in [2.75, 3.05) is 0 Å². The van der Waals surface area contributed by atoms with Gasteiger partial charge in [0.25, 0.3) is 0 Å². The molecule has 1 aromatic carbocycles. The number of carbonyl (C=O) groups excluding carboxylic acids is 2. The van der Waals surface area contributed by atoms with Crippen LogP contribution < -0.4 is 0 Å². The summed E-state index contributed by atoms with van der Waals surface area (Å²) in [5.74, 6) is 0.0902. The molecular weight excluding hydrogens is 262 g/mol. The summed E-state index contributed by atoms with van der Waals surface area (Å²) in [5, 5.41) is 0. The maximum absolute atomic E-state index is 12.8. The predicted octanol–water partition coefficient (Wildman–Crippen LogP) is 3.51. The fourth-order valence-electron chi connectivity index (χ4n) is 3.98. The van der Waals surface area contributed by atoms with Gasteiger partial charge in [-0.15, -0.1) is 0 Å². The second kappa shape index (κ2) is 5.28. The number of hydrogen-bond donors (Lipinski definition) is 0. The van der Waals surface area contributed by atoms with E-state index in [1.54, 1.807) is 0 Å². The molecule has 2 amide bonds. The molecule has 3 heteroatoms. The Kier molecular flexibility index (Phi) is 3.60. The van der Waals surface area contributed by atoms with Crippen molar-refractivity contribution < 1.29 is 9.59 Å². The fraction of sp³-hybridized carbons (Fsp3) is 0.556. The van der Waals surface area contributed by atoms with Gasteiger partial charge in [0.1, 0.15) is 0 Å². The van der Waals surface area contributed by atoms with Crippen LogP contribution >= 0.6 is 0 Å². The van der Waals surface area contributed by atoms with Crippen LogP contribution in [0.3, 0.4) is 0 Å². The second-order valence-corrected chi connectivity index (χ2v) is 6.80. The summed E-state index contributed by atoms with van der Waals surface area (Å²) in [6, 6.07) is 6.25. The predicted molar refractivity (Wildman–Crippen MR) is 81.6 cm³/mol. The van der Waals surface area contributed by atoms with Gasteiger partial charge >= 0.3 is 0 Å². The lowest BCUT2D eigenvalue weighted by molar-refractivity contribution is -0.142. The van der Waals surface area contributed by atoms with E-state index in [4.69, 9.17) is 0 Å². The first-order chi connectivity index (χ1) is 10.00. The number of imide groups is 1. The highest BCUT2D eigenvalue weighted by Gasteiger charge is 2.51. The molecule has 0 N–H and O–H groups in total. The van der Waals surface area contributed by atoms with E-state index in [1.807, 2.05) is 13.8 Å². The first kappa shape index (κ1) is 14.3. The number of carbonyl (C=O) groups is 2. The first-order valence-corrected chi connectivity index (χ1v) is 7.92. The largest absolute Gasteiger partial charge is 0.278 e. The van der Waals surface area contributed by atoms with E-state index in [1.165, 1.54) is 22.4 Å². The van der Waals surface area contributed by atoms with Crippen molar-refractivity contribution in [3.8, 4) is 0 Å². The molecular formula is C18H23NO2. The van der Waals surface area contributed by atoms with Crippen LogP contribution in [0.4, 0.5) is 0 Å². The maximum atomic E-state index is 12.8. The standard InChI is InChI=1S/C18H23NO2/c1-13-8-14(2)10-15(9-13)12-19-16(20)11-18(17(19)21)6-4-3-5-7-18/h8-10H,3-7,11-12H2,1-2H3. The summed E-state index contributed by atoms with van der Waals surface area (Å²) in [4.78, 5) is 26.6. The lowest BCUT2D eigenvalue weighted by atomic mass is 9.73. The smallest absolute Gasteiger partial charge is 0.236 e. The van der Waals surface area contributed by atoms with Gasteiger partial charge in [0.05, 0.1) is 12.0 Å². The highest BCUT2D eigenvalue weighted by Crippen LogP contribution is 2.45. The zero-order valence-electron chi connectivity index (χ0n) is 12.9. The molecule has 3 rings (SSSR count). The van der Waals surface area contributed by atoms with Crippen molar-refractivity contribution in [2.24, 2.45) is 5.41 Å². The third kappa shape index (κ3) is 2.61. The molecule has 1 aliphatic carbocycles. The molecule has 0 unspecified atom stereocenters. The van der Waals surface area contributed by atoms with E-state index >= 15 is 0 Å². The molecule has 112 valence electrons. The number of likely N-dealkylation sites (tertiary alicyclic amines) is 1. The number of amides is 2. The van der Waals surface area contributed by atoms with Crippen LogP contribution in [0.5, 0.6) is 0 Å². The van der Waals surface area contributed by atoms with Gasteiger partial charge in [0.2, 0.25) is 11.8 Å². The normalized spacial score (nSPS) is 21.3. The van der Waals surface area contributed by atoms with Crippen molar-refractivity contribution >= 4 is 11.8 Å². The van der Waals surface area contributed by atoms with Gasteiger partial charge in [0.15, 0.2) is 0 Å². The molecule has 3 nitrogen and oxygen atoms in total. The minimum Gasteiger partial charge on any atom is -0.278 e. The van der Waals surface area contributed by atoms with Gasteiger partial charge in [-0.05, 0) is 32.3 Å².